The van der Waals surface area contributed by atoms with E-state index in [1.165, 1.54) is 7.14 Å². The van der Waals surface area contributed by atoms with Crippen LogP contribution in [0, 0.1) is 7.14 Å². The summed E-state index contributed by atoms with van der Waals surface area (Å²) in [5.41, 5.74) is 0. The Kier molecular flexibility index (Phi) is 5.96. The van der Waals surface area contributed by atoms with Gasteiger partial charge in [-0.15, -0.1) is 0 Å². The molecule has 1 N–H and O–H groups in total. The highest BCUT2D eigenvalue weighted by Crippen LogP contribution is 2.15. The average Bonchev–Trinajstić information content (AvgIpc) is 2.62. The maximum absolute atomic E-state index is 9.21. The fraction of sp³-hybridized carbons (Fsp3) is 0.100. The molecular formula is C20H18IO3+. The van der Waals surface area contributed by atoms with E-state index in [1.54, 1.807) is 24.3 Å². The SMILES string of the molecule is Oc1ccc(OCCOc2ccc([I+]c3ccccc3)cc2)cc1. The summed E-state index contributed by atoms with van der Waals surface area (Å²) < 4.78 is 14.0. The average molecular weight is 433 g/mol. The van der Waals surface area contributed by atoms with Gasteiger partial charge in [0.05, 0.1) is 0 Å². The zero-order chi connectivity index (χ0) is 16.6. The van der Waals surface area contributed by atoms with Crippen molar-refractivity contribution in [1.29, 1.82) is 0 Å². The molecule has 0 spiro atoms. The molecule has 3 nitrogen and oxygen atoms in total. The standard InChI is InChI=1S/C20H17IO3/c22-18-8-12-20(13-9-18)24-15-14-23-19-10-6-17(7-11-19)21-16-4-2-1-3-5-16/h1-13H,14-15H2/p+1. The summed E-state index contributed by atoms with van der Waals surface area (Å²) in [6.07, 6.45) is 0. The van der Waals surface area contributed by atoms with Crippen molar-refractivity contribution >= 4 is 0 Å². The third-order valence-corrected chi connectivity index (χ3v) is 5.91. The van der Waals surface area contributed by atoms with Crippen LogP contribution in [0.1, 0.15) is 0 Å². The fourth-order valence-electron chi connectivity index (χ4n) is 2.06. The summed E-state index contributed by atoms with van der Waals surface area (Å²) in [6, 6.07) is 25.5. The van der Waals surface area contributed by atoms with Crippen molar-refractivity contribution in [1.82, 2.24) is 0 Å². The van der Waals surface area contributed by atoms with E-state index in [0.717, 1.165) is 11.5 Å². The van der Waals surface area contributed by atoms with Crippen molar-refractivity contribution in [2.24, 2.45) is 0 Å². The van der Waals surface area contributed by atoms with E-state index in [0.29, 0.717) is 13.2 Å². The molecule has 0 heterocycles. The normalized spacial score (nSPS) is 10.3. The molecule has 0 radical (unpaired) electrons. The molecule has 3 aromatic rings. The molecule has 0 bridgehead atoms. The van der Waals surface area contributed by atoms with E-state index >= 15 is 0 Å². The lowest BCUT2D eigenvalue weighted by molar-refractivity contribution is -0.597. The second-order valence-corrected chi connectivity index (χ2v) is 8.07. The Labute approximate surface area is 152 Å². The van der Waals surface area contributed by atoms with Crippen LogP contribution >= 0.6 is 0 Å². The molecule has 3 rings (SSSR count). The van der Waals surface area contributed by atoms with Crippen LogP contribution in [0.5, 0.6) is 17.2 Å². The highest BCUT2D eigenvalue weighted by Gasteiger charge is 2.14. The number of hydrogen-bond donors (Lipinski definition) is 1. The quantitative estimate of drug-likeness (QED) is 0.446. The van der Waals surface area contributed by atoms with E-state index in [1.807, 2.05) is 18.2 Å². The van der Waals surface area contributed by atoms with Crippen molar-refractivity contribution in [2.45, 2.75) is 0 Å². The van der Waals surface area contributed by atoms with Gasteiger partial charge in [0.1, 0.15) is 30.5 Å². The number of rotatable bonds is 7. The Hall–Kier alpha value is -2.21. The summed E-state index contributed by atoms with van der Waals surface area (Å²) in [5, 5.41) is 9.21. The molecule has 0 fully saturated rings. The minimum Gasteiger partial charge on any atom is -0.508 e. The zero-order valence-electron chi connectivity index (χ0n) is 13.1. The molecule has 0 aromatic heterocycles. The van der Waals surface area contributed by atoms with E-state index in [4.69, 9.17) is 9.47 Å². The molecular weight excluding hydrogens is 415 g/mol. The Balaban J connectivity index is 1.43. The predicted molar refractivity (Wildman–Crippen MR) is 89.4 cm³/mol. The Morgan fingerprint density at radius 2 is 1.12 bits per heavy atom. The molecule has 0 saturated heterocycles. The van der Waals surface area contributed by atoms with Gasteiger partial charge in [-0.05, 0) is 60.7 Å². The number of hydrogen-bond acceptors (Lipinski definition) is 3. The van der Waals surface area contributed by atoms with Gasteiger partial charge in [-0.3, -0.25) is 0 Å². The fourth-order valence-corrected chi connectivity index (χ4v) is 4.27. The number of ether oxygens (including phenoxy) is 2. The maximum atomic E-state index is 9.21. The van der Waals surface area contributed by atoms with Crippen LogP contribution in [0.4, 0.5) is 0 Å². The van der Waals surface area contributed by atoms with Crippen LogP contribution in [0.3, 0.4) is 0 Å². The maximum Gasteiger partial charge on any atom is 0.357 e. The highest BCUT2D eigenvalue weighted by atomic mass is 127. The van der Waals surface area contributed by atoms with Crippen LogP contribution in [-0.4, -0.2) is 18.3 Å². The van der Waals surface area contributed by atoms with Crippen LogP contribution < -0.4 is 30.7 Å². The largest absolute Gasteiger partial charge is 0.508 e. The molecule has 4 heteroatoms. The van der Waals surface area contributed by atoms with Crippen molar-refractivity contribution in [2.75, 3.05) is 13.2 Å². The van der Waals surface area contributed by atoms with Gasteiger partial charge >= 0.3 is 21.2 Å². The topological polar surface area (TPSA) is 38.7 Å². The molecule has 3 aromatic carbocycles. The monoisotopic (exact) mass is 433 g/mol. The first-order valence-electron chi connectivity index (χ1n) is 7.64. The zero-order valence-corrected chi connectivity index (χ0v) is 15.2. The van der Waals surface area contributed by atoms with Crippen molar-refractivity contribution in [3.05, 3.63) is 86.0 Å². The summed E-state index contributed by atoms with van der Waals surface area (Å²) in [7, 11) is 0. The molecule has 24 heavy (non-hydrogen) atoms. The number of aromatic hydroxyl groups is 1. The van der Waals surface area contributed by atoms with Crippen molar-refractivity contribution < 1.29 is 35.8 Å². The number of phenolic OH excluding ortho intramolecular Hbond substituents is 1. The Morgan fingerprint density at radius 3 is 1.71 bits per heavy atom. The Morgan fingerprint density at radius 1 is 0.625 bits per heavy atom. The number of phenols is 1. The summed E-state index contributed by atoms with van der Waals surface area (Å²) in [6.45, 7) is 0.942. The van der Waals surface area contributed by atoms with Gasteiger partial charge in [0.15, 0.2) is 7.14 Å². The summed E-state index contributed by atoms with van der Waals surface area (Å²) in [5.74, 6) is 1.81. The van der Waals surface area contributed by atoms with E-state index < -0.39 is 0 Å². The highest BCUT2D eigenvalue weighted by molar-refractivity contribution is 5.30. The van der Waals surface area contributed by atoms with Crippen molar-refractivity contribution in [3.63, 3.8) is 0 Å². The van der Waals surface area contributed by atoms with Crippen LogP contribution in [0.2, 0.25) is 0 Å². The molecule has 0 aliphatic rings. The van der Waals surface area contributed by atoms with E-state index in [2.05, 4.69) is 36.4 Å². The van der Waals surface area contributed by atoms with Crippen molar-refractivity contribution in [3.8, 4) is 17.2 Å². The Bertz CT molecular complexity index is 740. The van der Waals surface area contributed by atoms with Gasteiger partial charge in [0.25, 0.3) is 0 Å². The lowest BCUT2D eigenvalue weighted by Crippen LogP contribution is -3.61. The number of benzene rings is 3. The van der Waals surface area contributed by atoms with Gasteiger partial charge in [0.2, 0.25) is 0 Å². The van der Waals surface area contributed by atoms with Gasteiger partial charge < -0.3 is 14.6 Å². The minimum atomic E-state index is -0.135. The van der Waals surface area contributed by atoms with Crippen LogP contribution in [-0.2, 0) is 0 Å². The van der Waals surface area contributed by atoms with Gasteiger partial charge in [-0.25, -0.2) is 0 Å². The van der Waals surface area contributed by atoms with E-state index in [-0.39, 0.29) is 27.0 Å². The van der Waals surface area contributed by atoms with E-state index in [9.17, 15) is 5.11 Å². The third-order valence-electron chi connectivity index (χ3n) is 3.22. The molecule has 0 amide bonds. The third kappa shape index (κ3) is 5.16. The lowest BCUT2D eigenvalue weighted by atomic mass is 10.3. The molecule has 0 unspecified atom stereocenters. The predicted octanol–water partition coefficient (Wildman–Crippen LogP) is 0.978. The van der Waals surface area contributed by atoms with Gasteiger partial charge in [-0.1, -0.05) is 18.2 Å². The summed E-state index contributed by atoms with van der Waals surface area (Å²) in [4.78, 5) is 0. The molecule has 0 saturated carbocycles. The van der Waals surface area contributed by atoms with Gasteiger partial charge in [-0.2, -0.15) is 0 Å². The minimum absolute atomic E-state index is 0.135. The molecule has 0 aliphatic heterocycles. The molecule has 0 atom stereocenters. The first kappa shape index (κ1) is 16.6. The smallest absolute Gasteiger partial charge is 0.357 e. The van der Waals surface area contributed by atoms with Gasteiger partial charge in [0, 0.05) is 0 Å². The second-order valence-electron chi connectivity index (χ2n) is 5.03. The lowest BCUT2D eigenvalue weighted by Gasteiger charge is -2.08. The summed E-state index contributed by atoms with van der Waals surface area (Å²) >= 11 is -0.135. The molecule has 122 valence electrons. The first-order chi connectivity index (χ1) is 11.8. The van der Waals surface area contributed by atoms with Crippen LogP contribution in [0.25, 0.3) is 0 Å². The first-order valence-corrected chi connectivity index (χ1v) is 9.80. The van der Waals surface area contributed by atoms with Crippen LogP contribution in [0.15, 0.2) is 78.9 Å². The molecule has 0 aliphatic carbocycles. The number of halogens is 1. The second kappa shape index (κ2) is 8.59.